The molecule has 0 aromatic heterocycles. The maximum atomic E-state index is 12.8. The van der Waals surface area contributed by atoms with E-state index in [-0.39, 0.29) is 27.1 Å². The van der Waals surface area contributed by atoms with Crippen LogP contribution in [0, 0.1) is 0 Å². The van der Waals surface area contributed by atoms with Crippen molar-refractivity contribution < 1.29 is 14.4 Å². The summed E-state index contributed by atoms with van der Waals surface area (Å²) in [6.45, 7) is 2.22. The number of hydrogen-bond acceptors (Lipinski definition) is 3. The maximum Gasteiger partial charge on any atom is 0.266 e. The highest BCUT2D eigenvalue weighted by molar-refractivity contribution is 6.44. The van der Waals surface area contributed by atoms with Gasteiger partial charge in [-0.1, -0.05) is 87.6 Å². The number of halogens is 2. The van der Waals surface area contributed by atoms with Gasteiger partial charge in [-0.15, -0.1) is 0 Å². The number of nitrogens with zero attached hydrogens (tertiary/aromatic N) is 1. The minimum Gasteiger partial charge on any atom is -0.326 e. The minimum absolute atomic E-state index is 0.0731. The number of anilines is 2. The van der Waals surface area contributed by atoms with Crippen molar-refractivity contribution in [3.05, 3.63) is 57.6 Å². The van der Waals surface area contributed by atoms with E-state index in [2.05, 4.69) is 12.2 Å². The Morgan fingerprint density at radius 2 is 1.36 bits per heavy atom. The molecule has 2 aromatic carbocycles. The third-order valence-electron chi connectivity index (χ3n) is 5.82. The molecule has 0 bridgehead atoms. The predicted molar refractivity (Wildman–Crippen MR) is 135 cm³/mol. The Kier molecular flexibility index (Phi) is 9.33. The zero-order valence-electron chi connectivity index (χ0n) is 19.0. The maximum absolute atomic E-state index is 12.8. The molecule has 33 heavy (non-hydrogen) atoms. The fourth-order valence-corrected chi connectivity index (χ4v) is 4.34. The second-order valence-corrected chi connectivity index (χ2v) is 9.25. The van der Waals surface area contributed by atoms with Crippen LogP contribution >= 0.6 is 23.2 Å². The Hall–Kier alpha value is -2.37. The van der Waals surface area contributed by atoms with Crippen molar-refractivity contribution in [1.82, 2.24) is 0 Å². The summed E-state index contributed by atoms with van der Waals surface area (Å²) in [6, 6.07) is 9.54. The number of imide groups is 1. The fourth-order valence-electron chi connectivity index (χ4n) is 4.01. The van der Waals surface area contributed by atoms with Gasteiger partial charge in [-0.2, -0.15) is 0 Å². The molecule has 176 valence electrons. The Bertz CT molecular complexity index is 982. The number of hydrogen-bond donors (Lipinski definition) is 1. The highest BCUT2D eigenvalue weighted by Crippen LogP contribution is 2.34. The van der Waals surface area contributed by atoms with Crippen LogP contribution in [0.3, 0.4) is 0 Å². The molecule has 0 saturated heterocycles. The SMILES string of the molecule is CCCCCCCCCCCC(=O)Nc1cccc(N2C(=O)c3cc(Cl)c(Cl)cc3C2=O)c1. The van der Waals surface area contributed by atoms with Crippen molar-refractivity contribution in [1.29, 1.82) is 0 Å². The lowest BCUT2D eigenvalue weighted by atomic mass is 10.1. The number of unbranched alkanes of at least 4 members (excludes halogenated alkanes) is 8. The van der Waals surface area contributed by atoms with Gasteiger partial charge < -0.3 is 5.32 Å². The number of nitrogens with one attached hydrogen (secondary N) is 1. The van der Waals surface area contributed by atoms with E-state index in [1.54, 1.807) is 24.3 Å². The standard InChI is InChI=1S/C26H30Cl2N2O3/c1-2-3-4-5-6-7-8-9-10-14-24(31)29-18-12-11-13-19(15-18)30-25(32)20-16-22(27)23(28)17-21(20)26(30)33/h11-13,15-17H,2-10,14H2,1H3,(H,29,31). The van der Waals surface area contributed by atoms with Crippen LogP contribution in [0.2, 0.25) is 10.0 Å². The third-order valence-corrected chi connectivity index (χ3v) is 6.55. The second-order valence-electron chi connectivity index (χ2n) is 8.43. The van der Waals surface area contributed by atoms with Gasteiger partial charge >= 0.3 is 0 Å². The molecule has 1 N–H and O–H groups in total. The lowest BCUT2D eigenvalue weighted by Crippen LogP contribution is -2.29. The van der Waals surface area contributed by atoms with E-state index in [1.807, 2.05) is 0 Å². The van der Waals surface area contributed by atoms with Crippen LogP contribution in [0.15, 0.2) is 36.4 Å². The molecule has 5 nitrogen and oxygen atoms in total. The van der Waals surface area contributed by atoms with Crippen molar-refractivity contribution in [3.8, 4) is 0 Å². The summed E-state index contributed by atoms with van der Waals surface area (Å²) in [7, 11) is 0. The summed E-state index contributed by atoms with van der Waals surface area (Å²) < 4.78 is 0. The van der Waals surface area contributed by atoms with Gasteiger partial charge in [0.05, 0.1) is 26.9 Å². The average Bonchev–Trinajstić information content (AvgIpc) is 3.02. The molecule has 1 aliphatic rings. The van der Waals surface area contributed by atoms with Crippen molar-refractivity contribution in [2.45, 2.75) is 71.1 Å². The van der Waals surface area contributed by atoms with Gasteiger partial charge in [0.1, 0.15) is 0 Å². The topological polar surface area (TPSA) is 66.5 Å². The molecule has 1 aliphatic heterocycles. The first kappa shape index (κ1) is 25.3. The Morgan fingerprint density at radius 1 is 0.818 bits per heavy atom. The molecule has 3 rings (SSSR count). The van der Waals surface area contributed by atoms with Crippen LogP contribution in [-0.2, 0) is 4.79 Å². The first-order valence-corrected chi connectivity index (χ1v) is 12.5. The van der Waals surface area contributed by atoms with Crippen molar-refractivity contribution in [2.24, 2.45) is 0 Å². The van der Waals surface area contributed by atoms with Crippen LogP contribution in [0.1, 0.15) is 91.8 Å². The number of carbonyl (C=O) groups excluding carboxylic acids is 3. The molecule has 1 heterocycles. The van der Waals surface area contributed by atoms with E-state index in [9.17, 15) is 14.4 Å². The first-order valence-electron chi connectivity index (χ1n) is 11.7. The molecule has 0 saturated carbocycles. The first-order chi connectivity index (χ1) is 15.9. The molecule has 7 heteroatoms. The van der Waals surface area contributed by atoms with Gasteiger partial charge in [0.25, 0.3) is 11.8 Å². The van der Waals surface area contributed by atoms with Gasteiger partial charge in [0, 0.05) is 12.1 Å². The molecular formula is C26H30Cl2N2O3. The Labute approximate surface area is 205 Å². The molecule has 0 aliphatic carbocycles. The zero-order chi connectivity index (χ0) is 23.8. The molecule has 2 aromatic rings. The van der Waals surface area contributed by atoms with E-state index >= 15 is 0 Å². The van der Waals surface area contributed by atoms with Crippen molar-refractivity contribution >= 4 is 52.3 Å². The number of amides is 3. The van der Waals surface area contributed by atoms with Gasteiger partial charge in [-0.25, -0.2) is 4.90 Å². The highest BCUT2D eigenvalue weighted by atomic mass is 35.5. The number of rotatable bonds is 12. The normalized spacial score (nSPS) is 12.9. The second kappa shape index (κ2) is 12.2. The van der Waals surface area contributed by atoms with E-state index in [0.29, 0.717) is 17.8 Å². The average molecular weight is 489 g/mol. The van der Waals surface area contributed by atoms with Gasteiger partial charge in [0.2, 0.25) is 5.91 Å². The largest absolute Gasteiger partial charge is 0.326 e. The van der Waals surface area contributed by atoms with Crippen molar-refractivity contribution in [3.63, 3.8) is 0 Å². The third kappa shape index (κ3) is 6.58. The molecule has 0 spiro atoms. The minimum atomic E-state index is -0.466. The van der Waals surface area contributed by atoms with Crippen LogP contribution in [-0.4, -0.2) is 17.7 Å². The van der Waals surface area contributed by atoms with Crippen LogP contribution < -0.4 is 10.2 Å². The molecule has 0 unspecified atom stereocenters. The van der Waals surface area contributed by atoms with Gasteiger partial charge in [0.15, 0.2) is 0 Å². The Morgan fingerprint density at radius 3 is 1.94 bits per heavy atom. The van der Waals surface area contributed by atoms with E-state index in [0.717, 1.165) is 24.2 Å². The van der Waals surface area contributed by atoms with E-state index in [4.69, 9.17) is 23.2 Å². The van der Waals surface area contributed by atoms with Crippen LogP contribution in [0.4, 0.5) is 11.4 Å². The monoisotopic (exact) mass is 488 g/mol. The Balaban J connectivity index is 1.51. The highest BCUT2D eigenvalue weighted by Gasteiger charge is 2.37. The fraction of sp³-hybridized carbons (Fsp3) is 0.423. The summed E-state index contributed by atoms with van der Waals surface area (Å²) in [5.41, 5.74) is 1.36. The molecule has 0 fully saturated rings. The number of fused-ring (bicyclic) bond motifs is 1. The molecule has 0 atom stereocenters. The van der Waals surface area contributed by atoms with Gasteiger partial charge in [-0.05, 0) is 36.8 Å². The van der Waals surface area contributed by atoms with E-state index < -0.39 is 11.8 Å². The lowest BCUT2D eigenvalue weighted by Gasteiger charge is -2.15. The smallest absolute Gasteiger partial charge is 0.266 e. The summed E-state index contributed by atoms with van der Waals surface area (Å²) >= 11 is 12.0. The predicted octanol–water partition coefficient (Wildman–Crippen LogP) is 7.65. The number of benzene rings is 2. The van der Waals surface area contributed by atoms with E-state index in [1.165, 1.54) is 50.7 Å². The lowest BCUT2D eigenvalue weighted by molar-refractivity contribution is -0.116. The zero-order valence-corrected chi connectivity index (χ0v) is 20.5. The molecular weight excluding hydrogens is 459 g/mol. The summed E-state index contributed by atoms with van der Waals surface area (Å²) in [5.74, 6) is -1.01. The van der Waals surface area contributed by atoms with Gasteiger partial charge in [-0.3, -0.25) is 14.4 Å². The van der Waals surface area contributed by atoms with Crippen LogP contribution in [0.5, 0.6) is 0 Å². The summed E-state index contributed by atoms with van der Waals surface area (Å²) in [5, 5.41) is 3.31. The number of carbonyl (C=O) groups is 3. The van der Waals surface area contributed by atoms with Crippen molar-refractivity contribution in [2.75, 3.05) is 10.2 Å². The molecule has 3 amide bonds. The summed E-state index contributed by atoms with van der Waals surface area (Å²) in [6.07, 6.45) is 11.2. The quantitative estimate of drug-likeness (QED) is 0.246. The van der Waals surface area contributed by atoms with Crippen LogP contribution in [0.25, 0.3) is 0 Å². The summed E-state index contributed by atoms with van der Waals surface area (Å²) in [4.78, 5) is 39.1. The molecule has 0 radical (unpaired) electrons.